The van der Waals surface area contributed by atoms with E-state index in [0.29, 0.717) is 0 Å². The monoisotopic (exact) mass is 580 g/mol. The summed E-state index contributed by atoms with van der Waals surface area (Å²) in [4.78, 5) is 11.0. The van der Waals surface area contributed by atoms with E-state index in [1.807, 2.05) is 12.1 Å². The second-order valence-electron chi connectivity index (χ2n) is 11.0. The van der Waals surface area contributed by atoms with Gasteiger partial charge < -0.3 is 0 Å². The molecule has 44 heavy (non-hydrogen) atoms. The van der Waals surface area contributed by atoms with Crippen molar-refractivity contribution in [1.82, 2.24) is 9.97 Å². The Kier molecular flexibility index (Phi) is 6.71. The zero-order valence-electron chi connectivity index (χ0n) is 24.1. The average Bonchev–Trinajstić information content (AvgIpc) is 3.12. The van der Waals surface area contributed by atoms with Crippen molar-refractivity contribution in [3.05, 3.63) is 198 Å². The minimum atomic E-state index is -0.796. The Balaban J connectivity index is 1.48. The fraction of sp³-hybridized carbons (Fsp3) is 0.0244. The Morgan fingerprint density at radius 1 is 0.364 bits per heavy atom. The highest BCUT2D eigenvalue weighted by molar-refractivity contribution is 7.80. The Hall–Kier alpha value is -5.17. The minimum absolute atomic E-state index is 0.726. The molecule has 1 aliphatic rings. The topological polar surface area (TPSA) is 25.8 Å². The summed E-state index contributed by atoms with van der Waals surface area (Å²) in [6, 6.07) is 62.7. The second-order valence-corrected chi connectivity index (χ2v) is 13.2. The molecule has 0 atom stereocenters. The third-order valence-corrected chi connectivity index (χ3v) is 11.1. The van der Waals surface area contributed by atoms with Crippen LogP contribution >= 0.6 is 7.92 Å². The molecular formula is C41H29N2P. The van der Waals surface area contributed by atoms with E-state index in [2.05, 4.69) is 164 Å². The molecule has 0 spiro atoms. The number of benzene rings is 5. The maximum absolute atomic E-state index is 5.48. The molecule has 3 heteroatoms. The predicted octanol–water partition coefficient (Wildman–Crippen LogP) is 8.26. The van der Waals surface area contributed by atoms with Crippen molar-refractivity contribution < 1.29 is 0 Å². The molecule has 0 unspecified atom stereocenters. The smallest absolute Gasteiger partial charge is 0.106 e. The zero-order chi connectivity index (χ0) is 29.3. The number of fused-ring (bicyclic) bond motifs is 2. The third kappa shape index (κ3) is 4.30. The van der Waals surface area contributed by atoms with Crippen LogP contribution in [0, 0.1) is 0 Å². The van der Waals surface area contributed by atoms with Gasteiger partial charge in [0, 0.05) is 11.1 Å². The van der Waals surface area contributed by atoms with Gasteiger partial charge in [-0.3, -0.25) is 9.97 Å². The molecule has 0 fully saturated rings. The lowest BCUT2D eigenvalue weighted by atomic mass is 9.68. The van der Waals surface area contributed by atoms with Crippen LogP contribution in [0.25, 0.3) is 22.5 Å². The molecule has 0 saturated carbocycles. The summed E-state index contributed by atoms with van der Waals surface area (Å²) in [6.45, 7) is 0. The SMILES string of the molecule is c1ccc(-c2cccc(C3(c4cccc(-c5ccccc5)n4)c4ccccc4P(c4ccccc4)c4ccccc43)n2)cc1. The minimum Gasteiger partial charge on any atom is -0.251 e. The van der Waals surface area contributed by atoms with Crippen LogP contribution in [0.3, 0.4) is 0 Å². The summed E-state index contributed by atoms with van der Waals surface area (Å²) in [5, 5.41) is 4.02. The highest BCUT2D eigenvalue weighted by atomic mass is 31.1. The van der Waals surface area contributed by atoms with E-state index >= 15 is 0 Å². The number of rotatable bonds is 5. The zero-order valence-corrected chi connectivity index (χ0v) is 25.0. The molecule has 2 aromatic heterocycles. The molecule has 0 bridgehead atoms. The number of nitrogens with zero attached hydrogens (tertiary/aromatic N) is 2. The van der Waals surface area contributed by atoms with Gasteiger partial charge in [-0.05, 0) is 59.2 Å². The van der Waals surface area contributed by atoms with Crippen LogP contribution in [0.4, 0.5) is 0 Å². The number of aromatic nitrogens is 2. The standard InChI is InChI=1S/C41H29N2P/c1-4-16-30(17-5-1)35-24-14-28-39(42-35)41(40-29-15-25-36(43-40)31-18-6-2-7-19-31)33-22-10-12-26-37(33)44(32-20-8-3-9-21-32)38-27-13-11-23-34(38)41/h1-29H. The van der Waals surface area contributed by atoms with Crippen LogP contribution in [0.2, 0.25) is 0 Å². The summed E-state index contributed by atoms with van der Waals surface area (Å²) >= 11 is 0. The van der Waals surface area contributed by atoms with Crippen molar-refractivity contribution in [2.75, 3.05) is 0 Å². The summed E-state index contributed by atoms with van der Waals surface area (Å²) in [7, 11) is -0.796. The van der Waals surface area contributed by atoms with Gasteiger partial charge in [0.1, 0.15) is 5.41 Å². The van der Waals surface area contributed by atoms with Gasteiger partial charge in [0.25, 0.3) is 0 Å². The quantitative estimate of drug-likeness (QED) is 0.192. The van der Waals surface area contributed by atoms with Crippen LogP contribution in [0.15, 0.2) is 176 Å². The molecule has 5 aromatic carbocycles. The van der Waals surface area contributed by atoms with Gasteiger partial charge in [-0.15, -0.1) is 0 Å². The van der Waals surface area contributed by atoms with Crippen LogP contribution < -0.4 is 15.9 Å². The van der Waals surface area contributed by atoms with Gasteiger partial charge in [0.2, 0.25) is 0 Å². The summed E-state index contributed by atoms with van der Waals surface area (Å²) in [5.41, 5.74) is 7.79. The van der Waals surface area contributed by atoms with E-state index in [0.717, 1.165) is 33.9 Å². The van der Waals surface area contributed by atoms with Gasteiger partial charge in [-0.1, -0.05) is 152 Å². The first-order valence-corrected chi connectivity index (χ1v) is 16.3. The van der Waals surface area contributed by atoms with E-state index in [4.69, 9.17) is 9.97 Å². The van der Waals surface area contributed by atoms with Crippen LogP contribution in [0.1, 0.15) is 22.5 Å². The molecule has 7 aromatic rings. The van der Waals surface area contributed by atoms with Crippen LogP contribution in [-0.4, -0.2) is 9.97 Å². The molecule has 0 radical (unpaired) electrons. The number of pyridine rings is 2. The molecule has 0 N–H and O–H groups in total. The van der Waals surface area contributed by atoms with Gasteiger partial charge in [0.05, 0.1) is 22.8 Å². The third-order valence-electron chi connectivity index (χ3n) is 8.52. The van der Waals surface area contributed by atoms with E-state index in [9.17, 15) is 0 Å². The van der Waals surface area contributed by atoms with Gasteiger partial charge in [-0.2, -0.15) is 0 Å². The molecule has 3 heterocycles. The maximum atomic E-state index is 5.48. The van der Waals surface area contributed by atoms with E-state index in [1.54, 1.807) is 0 Å². The lowest BCUT2D eigenvalue weighted by Gasteiger charge is -2.43. The van der Waals surface area contributed by atoms with Gasteiger partial charge >= 0.3 is 0 Å². The Bertz CT molecular complexity index is 1940. The number of hydrogen-bond donors (Lipinski definition) is 0. The van der Waals surface area contributed by atoms with Crippen molar-refractivity contribution in [3.8, 4) is 22.5 Å². The Labute approximate surface area is 259 Å². The average molecular weight is 581 g/mol. The lowest BCUT2D eigenvalue weighted by Crippen LogP contribution is -2.46. The molecule has 0 aliphatic carbocycles. The largest absolute Gasteiger partial charge is 0.251 e. The lowest BCUT2D eigenvalue weighted by molar-refractivity contribution is 0.695. The molecule has 0 amide bonds. The van der Waals surface area contributed by atoms with E-state index < -0.39 is 13.3 Å². The Morgan fingerprint density at radius 3 is 1.25 bits per heavy atom. The summed E-state index contributed by atoms with van der Waals surface area (Å²) in [6.07, 6.45) is 0. The molecule has 8 rings (SSSR count). The van der Waals surface area contributed by atoms with Crippen molar-refractivity contribution in [2.45, 2.75) is 5.41 Å². The summed E-state index contributed by atoms with van der Waals surface area (Å²) in [5.74, 6) is 0. The van der Waals surface area contributed by atoms with Gasteiger partial charge in [-0.25, -0.2) is 0 Å². The molecule has 1 aliphatic heterocycles. The Morgan fingerprint density at radius 2 is 0.773 bits per heavy atom. The van der Waals surface area contributed by atoms with E-state index in [1.165, 1.54) is 27.0 Å². The van der Waals surface area contributed by atoms with Crippen molar-refractivity contribution in [3.63, 3.8) is 0 Å². The summed E-state index contributed by atoms with van der Waals surface area (Å²) < 4.78 is 0. The normalized spacial score (nSPS) is 13.5. The first-order chi connectivity index (χ1) is 21.8. The van der Waals surface area contributed by atoms with Gasteiger partial charge in [0.15, 0.2) is 0 Å². The highest BCUT2D eigenvalue weighted by Gasteiger charge is 2.49. The highest BCUT2D eigenvalue weighted by Crippen LogP contribution is 2.52. The van der Waals surface area contributed by atoms with Crippen molar-refractivity contribution >= 4 is 23.8 Å². The molecule has 0 saturated heterocycles. The maximum Gasteiger partial charge on any atom is 0.106 e. The second kappa shape index (κ2) is 11.2. The van der Waals surface area contributed by atoms with Crippen molar-refractivity contribution in [1.29, 1.82) is 0 Å². The molecule has 208 valence electrons. The van der Waals surface area contributed by atoms with Crippen LogP contribution in [-0.2, 0) is 5.41 Å². The van der Waals surface area contributed by atoms with Crippen LogP contribution in [0.5, 0.6) is 0 Å². The number of hydrogen-bond acceptors (Lipinski definition) is 2. The first kappa shape index (κ1) is 26.5. The fourth-order valence-corrected chi connectivity index (χ4v) is 9.33. The predicted molar refractivity (Wildman–Crippen MR) is 183 cm³/mol. The van der Waals surface area contributed by atoms with E-state index in [-0.39, 0.29) is 0 Å². The van der Waals surface area contributed by atoms with Crippen molar-refractivity contribution in [2.24, 2.45) is 0 Å². The fourth-order valence-electron chi connectivity index (χ4n) is 6.61. The molecule has 2 nitrogen and oxygen atoms in total. The molecular weight excluding hydrogens is 551 g/mol. The first-order valence-electron chi connectivity index (χ1n) is 14.9.